The number of aromatic nitrogens is 4. The Labute approximate surface area is 104 Å². The van der Waals surface area contributed by atoms with Crippen molar-refractivity contribution in [1.82, 2.24) is 20.2 Å². The van der Waals surface area contributed by atoms with Crippen LogP contribution in [0.2, 0.25) is 0 Å². The molecule has 2 aromatic heterocycles. The van der Waals surface area contributed by atoms with E-state index in [1.807, 2.05) is 13.0 Å². The molecule has 0 aliphatic heterocycles. The van der Waals surface area contributed by atoms with Crippen molar-refractivity contribution in [3.8, 4) is 0 Å². The summed E-state index contributed by atoms with van der Waals surface area (Å²) in [7, 11) is 0. The van der Waals surface area contributed by atoms with Crippen LogP contribution in [0.3, 0.4) is 0 Å². The largest absolute Gasteiger partial charge is 0.304 e. The molecule has 2 N–H and O–H groups in total. The van der Waals surface area contributed by atoms with Crippen molar-refractivity contribution in [2.45, 2.75) is 25.7 Å². The molecule has 1 aliphatic carbocycles. The molecule has 6 nitrogen and oxygen atoms in total. The Bertz CT molecular complexity index is 570. The van der Waals surface area contributed by atoms with Gasteiger partial charge in [-0.1, -0.05) is 6.07 Å². The quantitative estimate of drug-likeness (QED) is 0.858. The Balaban J connectivity index is 1.71. The molecule has 0 unspecified atom stereocenters. The van der Waals surface area contributed by atoms with Gasteiger partial charge in [0, 0.05) is 12.1 Å². The number of anilines is 1. The Morgan fingerprint density at radius 3 is 2.94 bits per heavy atom. The van der Waals surface area contributed by atoms with E-state index in [1.54, 1.807) is 12.3 Å². The molecule has 1 saturated carbocycles. The van der Waals surface area contributed by atoms with Crippen molar-refractivity contribution >= 4 is 11.7 Å². The third kappa shape index (κ3) is 2.22. The second-order valence-electron chi connectivity index (χ2n) is 4.49. The zero-order valence-corrected chi connectivity index (χ0v) is 9.97. The van der Waals surface area contributed by atoms with E-state index in [9.17, 15) is 4.79 Å². The van der Waals surface area contributed by atoms with E-state index < -0.39 is 0 Å². The molecule has 0 atom stereocenters. The molecular weight excluding hydrogens is 230 g/mol. The summed E-state index contributed by atoms with van der Waals surface area (Å²) in [6, 6.07) is 3.64. The first-order valence-electron chi connectivity index (χ1n) is 5.88. The molecule has 2 aromatic rings. The fourth-order valence-corrected chi connectivity index (χ4v) is 1.63. The van der Waals surface area contributed by atoms with Crippen LogP contribution in [0.15, 0.2) is 18.3 Å². The van der Waals surface area contributed by atoms with Gasteiger partial charge in [-0.25, -0.2) is 9.97 Å². The van der Waals surface area contributed by atoms with Crippen LogP contribution >= 0.6 is 0 Å². The van der Waals surface area contributed by atoms with Gasteiger partial charge in [-0.3, -0.25) is 9.89 Å². The minimum Gasteiger partial charge on any atom is -0.304 e. The van der Waals surface area contributed by atoms with Crippen molar-refractivity contribution in [3.63, 3.8) is 0 Å². The van der Waals surface area contributed by atoms with Gasteiger partial charge >= 0.3 is 0 Å². The summed E-state index contributed by atoms with van der Waals surface area (Å²) in [6.07, 6.45) is 3.94. The number of hydrogen-bond acceptors (Lipinski definition) is 4. The summed E-state index contributed by atoms with van der Waals surface area (Å²) in [5, 5.41) is 9.38. The number of aryl methyl sites for hydroxylation is 1. The van der Waals surface area contributed by atoms with Gasteiger partial charge in [0.2, 0.25) is 5.82 Å². The van der Waals surface area contributed by atoms with Crippen LogP contribution in [0, 0.1) is 6.92 Å². The maximum absolute atomic E-state index is 11.9. The fraction of sp³-hybridized carbons (Fsp3) is 0.333. The van der Waals surface area contributed by atoms with Crippen LogP contribution in [-0.4, -0.2) is 26.1 Å². The number of amides is 1. The van der Waals surface area contributed by atoms with E-state index in [0.29, 0.717) is 11.7 Å². The molecule has 18 heavy (non-hydrogen) atoms. The van der Waals surface area contributed by atoms with Crippen molar-refractivity contribution in [3.05, 3.63) is 35.5 Å². The fourth-order valence-electron chi connectivity index (χ4n) is 1.63. The number of H-pyrrole nitrogens is 1. The Morgan fingerprint density at radius 1 is 1.44 bits per heavy atom. The predicted molar refractivity (Wildman–Crippen MR) is 65.3 cm³/mol. The lowest BCUT2D eigenvalue weighted by Crippen LogP contribution is -2.14. The molecule has 1 aliphatic rings. The van der Waals surface area contributed by atoms with E-state index in [-0.39, 0.29) is 11.7 Å². The van der Waals surface area contributed by atoms with Crippen LogP contribution in [0.4, 0.5) is 5.82 Å². The SMILES string of the molecule is Cc1ccc(NC(=O)c2n[nH]c(C3CC3)n2)nc1. The maximum atomic E-state index is 11.9. The van der Waals surface area contributed by atoms with Gasteiger partial charge in [0.1, 0.15) is 11.6 Å². The van der Waals surface area contributed by atoms with E-state index in [2.05, 4.69) is 25.5 Å². The summed E-state index contributed by atoms with van der Waals surface area (Å²) >= 11 is 0. The molecule has 3 rings (SSSR count). The predicted octanol–water partition coefficient (Wildman–Crippen LogP) is 1.64. The summed E-state index contributed by atoms with van der Waals surface area (Å²) in [4.78, 5) is 20.1. The average Bonchev–Trinajstić information content (AvgIpc) is 3.10. The number of rotatable bonds is 3. The minimum atomic E-state index is -0.338. The Hall–Kier alpha value is -2.24. The topological polar surface area (TPSA) is 83.6 Å². The highest BCUT2D eigenvalue weighted by Crippen LogP contribution is 2.37. The summed E-state index contributed by atoms with van der Waals surface area (Å²) in [5.41, 5.74) is 1.04. The molecule has 0 aromatic carbocycles. The lowest BCUT2D eigenvalue weighted by atomic mass is 10.3. The van der Waals surface area contributed by atoms with E-state index in [4.69, 9.17) is 0 Å². The highest BCUT2D eigenvalue weighted by molar-refractivity contribution is 6.00. The lowest BCUT2D eigenvalue weighted by Gasteiger charge is -2.01. The third-order valence-electron chi connectivity index (χ3n) is 2.82. The molecule has 0 bridgehead atoms. The zero-order valence-electron chi connectivity index (χ0n) is 9.97. The normalized spacial score (nSPS) is 14.5. The summed E-state index contributed by atoms with van der Waals surface area (Å²) in [6.45, 7) is 1.94. The molecule has 1 fully saturated rings. The van der Waals surface area contributed by atoms with Gasteiger partial charge in [-0.2, -0.15) is 0 Å². The van der Waals surface area contributed by atoms with Crippen LogP contribution < -0.4 is 5.32 Å². The van der Waals surface area contributed by atoms with Gasteiger partial charge in [-0.15, -0.1) is 5.10 Å². The van der Waals surface area contributed by atoms with Crippen molar-refractivity contribution in [2.24, 2.45) is 0 Å². The van der Waals surface area contributed by atoms with Crippen LogP contribution in [-0.2, 0) is 0 Å². The molecule has 0 radical (unpaired) electrons. The summed E-state index contributed by atoms with van der Waals surface area (Å²) < 4.78 is 0. The summed E-state index contributed by atoms with van der Waals surface area (Å²) in [5.74, 6) is 1.59. The first-order chi connectivity index (χ1) is 8.72. The van der Waals surface area contributed by atoms with E-state index in [0.717, 1.165) is 24.2 Å². The van der Waals surface area contributed by atoms with Crippen molar-refractivity contribution in [2.75, 3.05) is 5.32 Å². The first-order valence-corrected chi connectivity index (χ1v) is 5.88. The monoisotopic (exact) mass is 243 g/mol. The van der Waals surface area contributed by atoms with Crippen molar-refractivity contribution in [1.29, 1.82) is 0 Å². The molecule has 6 heteroatoms. The van der Waals surface area contributed by atoms with Crippen LogP contribution in [0.5, 0.6) is 0 Å². The number of nitrogens with one attached hydrogen (secondary N) is 2. The number of aromatic amines is 1. The molecular formula is C12H13N5O. The molecule has 2 heterocycles. The maximum Gasteiger partial charge on any atom is 0.296 e. The van der Waals surface area contributed by atoms with Crippen molar-refractivity contribution < 1.29 is 4.79 Å². The van der Waals surface area contributed by atoms with Gasteiger partial charge in [0.15, 0.2) is 0 Å². The standard InChI is InChI=1S/C12H13N5O/c1-7-2-5-9(13-6-7)14-12(18)11-15-10(16-17-11)8-3-4-8/h2,5-6,8H,3-4H2,1H3,(H,13,14,18)(H,15,16,17). The van der Waals surface area contributed by atoms with Gasteiger partial charge in [0.05, 0.1) is 0 Å². The molecule has 1 amide bonds. The van der Waals surface area contributed by atoms with E-state index in [1.165, 1.54) is 0 Å². The number of nitrogens with zero attached hydrogens (tertiary/aromatic N) is 3. The van der Waals surface area contributed by atoms with Gasteiger partial charge < -0.3 is 5.32 Å². The molecule has 0 spiro atoms. The second-order valence-corrected chi connectivity index (χ2v) is 4.49. The molecule has 0 saturated heterocycles. The number of carbonyl (C=O) groups is 1. The zero-order chi connectivity index (χ0) is 12.5. The van der Waals surface area contributed by atoms with Gasteiger partial charge in [0.25, 0.3) is 5.91 Å². The minimum absolute atomic E-state index is 0.166. The Kier molecular flexibility index (Phi) is 2.55. The number of carbonyl (C=O) groups excluding carboxylic acids is 1. The average molecular weight is 243 g/mol. The number of pyridine rings is 1. The van der Waals surface area contributed by atoms with Gasteiger partial charge in [-0.05, 0) is 31.4 Å². The lowest BCUT2D eigenvalue weighted by molar-refractivity contribution is 0.101. The second kappa shape index (κ2) is 4.21. The highest BCUT2D eigenvalue weighted by atomic mass is 16.2. The van der Waals surface area contributed by atoms with E-state index >= 15 is 0 Å². The smallest absolute Gasteiger partial charge is 0.296 e. The molecule has 92 valence electrons. The third-order valence-corrected chi connectivity index (χ3v) is 2.82. The Morgan fingerprint density at radius 2 is 2.28 bits per heavy atom. The highest BCUT2D eigenvalue weighted by Gasteiger charge is 2.28. The first kappa shape index (κ1) is 10.9. The van der Waals surface area contributed by atoms with Crippen LogP contribution in [0.25, 0.3) is 0 Å². The van der Waals surface area contributed by atoms with Crippen LogP contribution in [0.1, 0.15) is 40.8 Å². The number of hydrogen-bond donors (Lipinski definition) is 2.